The number of methoxy groups -OCH3 is 1. The molecule has 1 aromatic carbocycles. The third-order valence-corrected chi connectivity index (χ3v) is 6.21. The van der Waals surface area contributed by atoms with E-state index in [9.17, 15) is 14.7 Å². The van der Waals surface area contributed by atoms with E-state index in [2.05, 4.69) is 6.92 Å². The molecule has 1 saturated carbocycles. The lowest BCUT2D eigenvalue weighted by molar-refractivity contribution is 0.0695. The number of hydrogen-bond donors (Lipinski definition) is 2. The minimum atomic E-state index is -1.31. The number of anilines is 1. The van der Waals surface area contributed by atoms with Crippen molar-refractivity contribution in [3.8, 4) is 5.75 Å². The Labute approximate surface area is 167 Å². The van der Waals surface area contributed by atoms with Gasteiger partial charge in [-0.2, -0.15) is 0 Å². The van der Waals surface area contributed by atoms with E-state index in [1.165, 1.54) is 13.3 Å². The summed E-state index contributed by atoms with van der Waals surface area (Å²) in [7, 11) is 1.46. The molecule has 1 saturated heterocycles. The highest BCUT2D eigenvalue weighted by Crippen LogP contribution is 2.44. The number of aromatic carboxylic acids is 1. The van der Waals surface area contributed by atoms with Crippen molar-refractivity contribution in [3.05, 3.63) is 33.9 Å². The molecule has 7 nitrogen and oxygen atoms in total. The van der Waals surface area contributed by atoms with Crippen LogP contribution in [0.5, 0.6) is 5.75 Å². The van der Waals surface area contributed by atoms with Crippen molar-refractivity contribution in [3.63, 3.8) is 0 Å². The number of nitrogens with zero attached hydrogens (tertiary/aromatic N) is 2. The van der Waals surface area contributed by atoms with Crippen LogP contribution < -0.4 is 20.8 Å². The fourth-order valence-corrected chi connectivity index (χ4v) is 4.41. The summed E-state index contributed by atoms with van der Waals surface area (Å²) < 4.78 is 22.7. The Balaban J connectivity index is 1.97. The molecule has 0 amide bonds. The molecule has 2 unspecified atom stereocenters. The Morgan fingerprint density at radius 2 is 2.10 bits per heavy atom. The van der Waals surface area contributed by atoms with Gasteiger partial charge in [-0.25, -0.2) is 9.18 Å². The zero-order valence-electron chi connectivity index (χ0n) is 16.7. The summed E-state index contributed by atoms with van der Waals surface area (Å²) in [6.45, 7) is 3.27. The zero-order chi connectivity index (χ0) is 20.9. The van der Waals surface area contributed by atoms with Gasteiger partial charge in [0.1, 0.15) is 11.3 Å². The molecular formula is C21H26FN3O4. The Morgan fingerprint density at radius 1 is 1.38 bits per heavy atom. The molecule has 8 heteroatoms. The van der Waals surface area contributed by atoms with Gasteiger partial charge in [-0.15, -0.1) is 0 Å². The normalized spacial score (nSPS) is 22.1. The number of benzene rings is 1. The second-order valence-corrected chi connectivity index (χ2v) is 8.02. The van der Waals surface area contributed by atoms with Crippen molar-refractivity contribution in [2.45, 2.75) is 44.7 Å². The standard InChI is InChI=1S/C21H26FN3O4/c1-3-11-9-24(7-6-16(11)23)18-15(22)8-13-17(20(18)29-2)25(12-4-5-12)10-14(19(13)26)21(27)28/h8,10-12,16H,3-7,9,23H2,1-2H3,(H,27,28). The molecule has 3 N–H and O–H groups in total. The second-order valence-electron chi connectivity index (χ2n) is 8.02. The highest BCUT2D eigenvalue weighted by atomic mass is 19.1. The predicted molar refractivity (Wildman–Crippen MR) is 109 cm³/mol. The number of ether oxygens (including phenoxy) is 1. The highest BCUT2D eigenvalue weighted by molar-refractivity contribution is 5.97. The van der Waals surface area contributed by atoms with E-state index in [1.54, 1.807) is 4.57 Å². The van der Waals surface area contributed by atoms with Crippen LogP contribution >= 0.6 is 0 Å². The number of pyridine rings is 1. The van der Waals surface area contributed by atoms with Gasteiger partial charge in [0, 0.05) is 31.4 Å². The number of carboxylic acids is 1. The molecular weight excluding hydrogens is 377 g/mol. The van der Waals surface area contributed by atoms with E-state index in [4.69, 9.17) is 10.5 Å². The van der Waals surface area contributed by atoms with E-state index in [0.29, 0.717) is 24.3 Å². The molecule has 2 aromatic rings. The maximum absolute atomic E-state index is 15.3. The topological polar surface area (TPSA) is 97.8 Å². The minimum Gasteiger partial charge on any atom is -0.492 e. The van der Waals surface area contributed by atoms with Crippen LogP contribution in [0.4, 0.5) is 10.1 Å². The molecule has 2 aliphatic rings. The first-order chi connectivity index (χ1) is 13.9. The second kappa shape index (κ2) is 7.33. The number of carboxylic acid groups (broad SMARTS) is 1. The van der Waals surface area contributed by atoms with Crippen LogP contribution in [-0.4, -0.2) is 41.9 Å². The molecule has 29 heavy (non-hydrogen) atoms. The fraction of sp³-hybridized carbons (Fsp3) is 0.524. The number of nitrogens with two attached hydrogens (primary N) is 1. The molecule has 156 valence electrons. The number of halogens is 1. The van der Waals surface area contributed by atoms with Gasteiger partial charge in [0.25, 0.3) is 0 Å². The number of aromatic nitrogens is 1. The van der Waals surface area contributed by atoms with E-state index < -0.39 is 17.2 Å². The molecule has 0 spiro atoms. The van der Waals surface area contributed by atoms with Gasteiger partial charge in [0.05, 0.1) is 18.0 Å². The summed E-state index contributed by atoms with van der Waals surface area (Å²) in [4.78, 5) is 26.3. The molecule has 0 radical (unpaired) electrons. The number of hydrogen-bond acceptors (Lipinski definition) is 5. The summed E-state index contributed by atoms with van der Waals surface area (Å²) in [5.74, 6) is -1.37. The number of piperidine rings is 1. The van der Waals surface area contributed by atoms with E-state index in [1.807, 2.05) is 4.90 Å². The lowest BCUT2D eigenvalue weighted by atomic mass is 9.90. The lowest BCUT2D eigenvalue weighted by Gasteiger charge is -2.38. The summed E-state index contributed by atoms with van der Waals surface area (Å²) in [6, 6.07) is 1.33. The number of rotatable bonds is 5. The summed E-state index contributed by atoms with van der Waals surface area (Å²) in [6.07, 6.45) is 4.76. The highest BCUT2D eigenvalue weighted by Gasteiger charge is 2.33. The molecule has 2 heterocycles. The summed E-state index contributed by atoms with van der Waals surface area (Å²) >= 11 is 0. The number of fused-ring (bicyclic) bond motifs is 1. The lowest BCUT2D eigenvalue weighted by Crippen LogP contribution is -2.47. The summed E-state index contributed by atoms with van der Waals surface area (Å²) in [5.41, 5.74) is 5.95. The van der Waals surface area contributed by atoms with E-state index in [-0.39, 0.29) is 34.7 Å². The van der Waals surface area contributed by atoms with Crippen LogP contribution in [-0.2, 0) is 0 Å². The van der Waals surface area contributed by atoms with Crippen molar-refractivity contribution in [1.29, 1.82) is 0 Å². The molecule has 0 bridgehead atoms. The zero-order valence-corrected chi connectivity index (χ0v) is 16.7. The first-order valence-electron chi connectivity index (χ1n) is 10.1. The van der Waals surface area contributed by atoms with Crippen LogP contribution in [0, 0.1) is 11.7 Å². The van der Waals surface area contributed by atoms with Crippen molar-refractivity contribution in [1.82, 2.24) is 4.57 Å². The third-order valence-electron chi connectivity index (χ3n) is 6.21. The maximum Gasteiger partial charge on any atom is 0.341 e. The SMILES string of the molecule is CCC1CN(c2c(F)cc3c(=O)c(C(=O)O)cn(C4CC4)c3c2OC)CCC1N. The minimum absolute atomic E-state index is 0.0376. The predicted octanol–water partition coefficient (Wildman–Crippen LogP) is 2.75. The van der Waals surface area contributed by atoms with Crippen LogP contribution in [0.3, 0.4) is 0 Å². The van der Waals surface area contributed by atoms with Crippen LogP contribution in [0.1, 0.15) is 49.0 Å². The first-order valence-corrected chi connectivity index (χ1v) is 10.1. The average molecular weight is 403 g/mol. The van der Waals surface area contributed by atoms with Crippen LogP contribution in [0.2, 0.25) is 0 Å². The van der Waals surface area contributed by atoms with Gasteiger partial charge in [-0.1, -0.05) is 13.3 Å². The van der Waals surface area contributed by atoms with Gasteiger partial charge >= 0.3 is 5.97 Å². The monoisotopic (exact) mass is 403 g/mol. The van der Waals surface area contributed by atoms with E-state index >= 15 is 4.39 Å². The number of carbonyl (C=O) groups is 1. The van der Waals surface area contributed by atoms with E-state index in [0.717, 1.165) is 31.7 Å². The van der Waals surface area contributed by atoms with Crippen molar-refractivity contribution < 1.29 is 19.0 Å². The van der Waals surface area contributed by atoms with Crippen molar-refractivity contribution in [2.24, 2.45) is 11.7 Å². The quantitative estimate of drug-likeness (QED) is 0.797. The molecule has 2 atom stereocenters. The van der Waals surface area contributed by atoms with Gasteiger partial charge in [-0.3, -0.25) is 4.79 Å². The van der Waals surface area contributed by atoms with Crippen molar-refractivity contribution in [2.75, 3.05) is 25.1 Å². The Morgan fingerprint density at radius 3 is 2.69 bits per heavy atom. The summed E-state index contributed by atoms with van der Waals surface area (Å²) in [5, 5.41) is 9.47. The van der Waals surface area contributed by atoms with Gasteiger partial charge in [0.15, 0.2) is 11.6 Å². The third kappa shape index (κ3) is 3.25. The Hall–Kier alpha value is -2.61. The van der Waals surface area contributed by atoms with Gasteiger partial charge in [0.2, 0.25) is 5.43 Å². The van der Waals surface area contributed by atoms with Crippen LogP contribution in [0.15, 0.2) is 17.1 Å². The Kier molecular flexibility index (Phi) is 4.98. The average Bonchev–Trinajstić information content (AvgIpc) is 3.53. The molecule has 4 rings (SSSR count). The first kappa shape index (κ1) is 19.7. The molecule has 2 fully saturated rings. The Bertz CT molecular complexity index is 1030. The van der Waals surface area contributed by atoms with Gasteiger partial charge in [-0.05, 0) is 31.2 Å². The van der Waals surface area contributed by atoms with Gasteiger partial charge < -0.3 is 25.0 Å². The molecule has 1 aliphatic heterocycles. The largest absolute Gasteiger partial charge is 0.492 e. The van der Waals surface area contributed by atoms with Crippen LogP contribution in [0.25, 0.3) is 10.9 Å². The molecule has 1 aliphatic carbocycles. The molecule has 1 aromatic heterocycles. The smallest absolute Gasteiger partial charge is 0.341 e. The fourth-order valence-electron chi connectivity index (χ4n) is 4.41. The van der Waals surface area contributed by atoms with Crippen molar-refractivity contribution >= 4 is 22.6 Å². The maximum atomic E-state index is 15.3.